The standard InChI is InChI=1S/C20H25NO2/c1-16-9-11-17(12-10-16)13-14-20(22)21-15-5-7-18-6-3-4-8-19(18)23-2/h3-4,6,8-12H,5,7,13-15H2,1-2H3,(H,21,22). The molecule has 0 bridgehead atoms. The van der Waals surface area contributed by atoms with Crippen LogP contribution in [0.3, 0.4) is 0 Å². The van der Waals surface area contributed by atoms with E-state index in [2.05, 4.69) is 42.6 Å². The molecular weight excluding hydrogens is 286 g/mol. The first-order chi connectivity index (χ1) is 11.2. The minimum Gasteiger partial charge on any atom is -0.496 e. The van der Waals surface area contributed by atoms with E-state index in [0.717, 1.165) is 25.0 Å². The monoisotopic (exact) mass is 311 g/mol. The summed E-state index contributed by atoms with van der Waals surface area (Å²) >= 11 is 0. The SMILES string of the molecule is COc1ccccc1CCCNC(=O)CCc1ccc(C)cc1. The summed E-state index contributed by atoms with van der Waals surface area (Å²) in [7, 11) is 1.69. The molecule has 122 valence electrons. The van der Waals surface area contributed by atoms with Crippen molar-refractivity contribution < 1.29 is 9.53 Å². The third-order valence-electron chi connectivity index (χ3n) is 3.90. The van der Waals surface area contributed by atoms with Crippen LogP contribution in [-0.2, 0) is 17.6 Å². The summed E-state index contributed by atoms with van der Waals surface area (Å²) < 4.78 is 5.33. The highest BCUT2D eigenvalue weighted by atomic mass is 16.5. The number of benzene rings is 2. The van der Waals surface area contributed by atoms with Crippen molar-refractivity contribution in [3.63, 3.8) is 0 Å². The molecule has 0 atom stereocenters. The van der Waals surface area contributed by atoms with Gasteiger partial charge in [0.15, 0.2) is 0 Å². The number of carbonyl (C=O) groups excluding carboxylic acids is 1. The molecule has 0 fully saturated rings. The Labute approximate surface area is 138 Å². The molecule has 0 unspecified atom stereocenters. The van der Waals surface area contributed by atoms with E-state index < -0.39 is 0 Å². The number of methoxy groups -OCH3 is 1. The minimum absolute atomic E-state index is 0.116. The number of amides is 1. The van der Waals surface area contributed by atoms with Gasteiger partial charge in [0, 0.05) is 13.0 Å². The molecule has 0 saturated heterocycles. The summed E-state index contributed by atoms with van der Waals surface area (Å²) in [6.45, 7) is 2.77. The third kappa shape index (κ3) is 5.78. The summed E-state index contributed by atoms with van der Waals surface area (Å²) in [6, 6.07) is 16.4. The van der Waals surface area contributed by atoms with Gasteiger partial charge in [-0.1, -0.05) is 48.0 Å². The number of hydrogen-bond acceptors (Lipinski definition) is 2. The number of ether oxygens (including phenoxy) is 1. The molecule has 0 aliphatic carbocycles. The number of carbonyl (C=O) groups is 1. The molecule has 0 aliphatic rings. The van der Waals surface area contributed by atoms with Gasteiger partial charge in [0.25, 0.3) is 0 Å². The number of rotatable bonds is 8. The van der Waals surface area contributed by atoms with Crippen molar-refractivity contribution in [2.45, 2.75) is 32.6 Å². The van der Waals surface area contributed by atoms with E-state index in [1.807, 2.05) is 18.2 Å². The second-order valence-electron chi connectivity index (χ2n) is 5.75. The van der Waals surface area contributed by atoms with Crippen LogP contribution in [0.2, 0.25) is 0 Å². The van der Waals surface area contributed by atoms with Gasteiger partial charge in [-0.05, 0) is 43.4 Å². The van der Waals surface area contributed by atoms with Gasteiger partial charge in [-0.25, -0.2) is 0 Å². The van der Waals surface area contributed by atoms with Crippen LogP contribution in [0.1, 0.15) is 29.5 Å². The summed E-state index contributed by atoms with van der Waals surface area (Å²) in [4.78, 5) is 11.9. The minimum atomic E-state index is 0.116. The number of nitrogens with one attached hydrogen (secondary N) is 1. The number of hydrogen-bond donors (Lipinski definition) is 1. The highest BCUT2D eigenvalue weighted by Gasteiger charge is 2.04. The molecule has 2 rings (SSSR count). The van der Waals surface area contributed by atoms with Gasteiger partial charge in [-0.3, -0.25) is 4.79 Å². The second-order valence-corrected chi connectivity index (χ2v) is 5.75. The molecule has 2 aromatic carbocycles. The Balaban J connectivity index is 1.66. The Hall–Kier alpha value is -2.29. The lowest BCUT2D eigenvalue weighted by atomic mass is 10.1. The zero-order valence-corrected chi connectivity index (χ0v) is 14.0. The molecular formula is C20H25NO2. The highest BCUT2D eigenvalue weighted by molar-refractivity contribution is 5.76. The van der Waals surface area contributed by atoms with E-state index >= 15 is 0 Å². The lowest BCUT2D eigenvalue weighted by Crippen LogP contribution is -2.25. The molecule has 2 aromatic rings. The van der Waals surface area contributed by atoms with Crippen LogP contribution in [0.4, 0.5) is 0 Å². The van der Waals surface area contributed by atoms with Gasteiger partial charge in [-0.15, -0.1) is 0 Å². The van der Waals surface area contributed by atoms with Crippen LogP contribution in [0.15, 0.2) is 48.5 Å². The molecule has 3 nitrogen and oxygen atoms in total. The Morgan fingerprint density at radius 1 is 1.04 bits per heavy atom. The molecule has 0 saturated carbocycles. The van der Waals surface area contributed by atoms with Gasteiger partial charge in [0.2, 0.25) is 5.91 Å². The van der Waals surface area contributed by atoms with Crippen LogP contribution in [0.25, 0.3) is 0 Å². The lowest BCUT2D eigenvalue weighted by molar-refractivity contribution is -0.121. The fourth-order valence-corrected chi connectivity index (χ4v) is 2.52. The fourth-order valence-electron chi connectivity index (χ4n) is 2.52. The maximum atomic E-state index is 11.9. The summed E-state index contributed by atoms with van der Waals surface area (Å²) in [5.74, 6) is 1.03. The van der Waals surface area contributed by atoms with E-state index in [1.54, 1.807) is 7.11 Å². The number of aryl methyl sites for hydroxylation is 3. The van der Waals surface area contributed by atoms with Gasteiger partial charge >= 0.3 is 0 Å². The molecule has 0 radical (unpaired) electrons. The first-order valence-electron chi connectivity index (χ1n) is 8.13. The molecule has 0 aliphatic heterocycles. The molecule has 23 heavy (non-hydrogen) atoms. The van der Waals surface area contributed by atoms with E-state index in [4.69, 9.17) is 4.74 Å². The van der Waals surface area contributed by atoms with E-state index in [-0.39, 0.29) is 5.91 Å². The molecule has 1 N–H and O–H groups in total. The maximum Gasteiger partial charge on any atom is 0.220 e. The van der Waals surface area contributed by atoms with Crippen LogP contribution >= 0.6 is 0 Å². The second kappa shape index (κ2) is 8.99. The van der Waals surface area contributed by atoms with E-state index in [9.17, 15) is 4.79 Å². The molecule has 0 spiro atoms. The van der Waals surface area contributed by atoms with Crippen molar-refractivity contribution in [1.29, 1.82) is 0 Å². The normalized spacial score (nSPS) is 10.3. The van der Waals surface area contributed by atoms with Crippen molar-refractivity contribution >= 4 is 5.91 Å². The zero-order chi connectivity index (χ0) is 16.5. The predicted molar refractivity (Wildman–Crippen MR) is 93.8 cm³/mol. The Kier molecular flexibility index (Phi) is 6.67. The van der Waals surface area contributed by atoms with Crippen LogP contribution < -0.4 is 10.1 Å². The smallest absolute Gasteiger partial charge is 0.220 e. The largest absolute Gasteiger partial charge is 0.496 e. The predicted octanol–water partition coefficient (Wildman–Crippen LogP) is 3.69. The summed E-state index contributed by atoms with van der Waals surface area (Å²) in [6.07, 6.45) is 3.15. The Morgan fingerprint density at radius 2 is 1.78 bits per heavy atom. The third-order valence-corrected chi connectivity index (χ3v) is 3.90. The fraction of sp³-hybridized carbons (Fsp3) is 0.350. The van der Waals surface area contributed by atoms with Crippen molar-refractivity contribution in [2.75, 3.05) is 13.7 Å². The first-order valence-corrected chi connectivity index (χ1v) is 8.13. The van der Waals surface area contributed by atoms with Gasteiger partial charge in [-0.2, -0.15) is 0 Å². The Morgan fingerprint density at radius 3 is 2.52 bits per heavy atom. The molecule has 0 heterocycles. The molecule has 1 amide bonds. The van der Waals surface area contributed by atoms with Crippen LogP contribution in [0.5, 0.6) is 5.75 Å². The highest BCUT2D eigenvalue weighted by Crippen LogP contribution is 2.18. The van der Waals surface area contributed by atoms with Gasteiger partial charge in [0.05, 0.1) is 7.11 Å². The quantitative estimate of drug-likeness (QED) is 0.755. The van der Waals surface area contributed by atoms with Crippen molar-refractivity contribution in [2.24, 2.45) is 0 Å². The maximum absolute atomic E-state index is 11.9. The van der Waals surface area contributed by atoms with Gasteiger partial charge < -0.3 is 10.1 Å². The van der Waals surface area contributed by atoms with E-state index in [0.29, 0.717) is 13.0 Å². The van der Waals surface area contributed by atoms with Crippen molar-refractivity contribution in [3.05, 3.63) is 65.2 Å². The summed E-state index contributed by atoms with van der Waals surface area (Å²) in [5, 5.41) is 2.99. The molecule has 3 heteroatoms. The van der Waals surface area contributed by atoms with Crippen molar-refractivity contribution in [1.82, 2.24) is 5.32 Å². The molecule has 0 aromatic heterocycles. The van der Waals surface area contributed by atoms with Crippen molar-refractivity contribution in [3.8, 4) is 5.75 Å². The van der Waals surface area contributed by atoms with Gasteiger partial charge in [0.1, 0.15) is 5.75 Å². The summed E-state index contributed by atoms with van der Waals surface area (Å²) in [5.41, 5.74) is 3.64. The van der Waals surface area contributed by atoms with E-state index in [1.165, 1.54) is 16.7 Å². The Bertz CT molecular complexity index is 620. The average molecular weight is 311 g/mol. The van der Waals surface area contributed by atoms with Crippen LogP contribution in [-0.4, -0.2) is 19.6 Å². The average Bonchev–Trinajstić information content (AvgIpc) is 2.58. The van der Waals surface area contributed by atoms with Crippen LogP contribution in [0, 0.1) is 6.92 Å². The lowest BCUT2D eigenvalue weighted by Gasteiger charge is -2.09. The zero-order valence-electron chi connectivity index (χ0n) is 14.0. The first kappa shape index (κ1) is 17.1. The number of para-hydroxylation sites is 1. The topological polar surface area (TPSA) is 38.3 Å².